The molecule has 0 aliphatic carbocycles. The number of nitro groups is 4. The van der Waals surface area contributed by atoms with E-state index in [1.807, 2.05) is 78.9 Å². The summed E-state index contributed by atoms with van der Waals surface area (Å²) in [5.41, 5.74) is 20.2. The van der Waals surface area contributed by atoms with Gasteiger partial charge in [0, 0.05) is 94.0 Å². The van der Waals surface area contributed by atoms with Crippen LogP contribution in [-0.4, -0.2) is 109 Å². The number of aromatic nitrogens is 4. The molecular formula is C104H76BrN9O24. The number of primary amides is 1. The number of allylic oxidation sites excluding steroid dienone is 1. The van der Waals surface area contributed by atoms with E-state index in [0.717, 1.165) is 56.4 Å². The number of aromatic carboxylic acids is 1. The molecule has 0 atom stereocenters. The number of ether oxygens (including phenoxy) is 3. The van der Waals surface area contributed by atoms with Crippen molar-refractivity contribution in [3.63, 3.8) is 0 Å². The van der Waals surface area contributed by atoms with Crippen molar-refractivity contribution in [1.82, 2.24) is 15.0 Å². The van der Waals surface area contributed by atoms with Gasteiger partial charge in [0.05, 0.1) is 105 Å². The molecule has 8 heterocycles. The highest BCUT2D eigenvalue weighted by Gasteiger charge is 2.20. The Balaban J connectivity index is 0.000000162. The quantitative estimate of drug-likeness (QED) is 0.00784. The number of methoxy groups -OCH3 is 3. The molecule has 17 rings (SSSR count). The molecule has 0 aliphatic heterocycles. The molecule has 0 unspecified atom stereocenters. The molecule has 0 radical (unpaired) electrons. The molecule has 138 heavy (non-hydrogen) atoms. The first-order valence-corrected chi connectivity index (χ1v) is 40.9. The highest BCUT2D eigenvalue weighted by Crippen LogP contribution is 2.36. The van der Waals surface area contributed by atoms with Crippen LogP contribution in [0.5, 0.6) is 0 Å². The summed E-state index contributed by atoms with van der Waals surface area (Å²) < 4.78 is 37.0. The first-order valence-electron chi connectivity index (χ1n) is 40.9. The number of amides is 1. The Morgan fingerprint density at radius 2 is 0.652 bits per heavy atom. The number of rotatable bonds is 25. The van der Waals surface area contributed by atoms with Gasteiger partial charge in [-0.2, -0.15) is 4.57 Å². The number of carbonyl (C=O) groups is 8. The molecule has 0 saturated heterocycles. The van der Waals surface area contributed by atoms with E-state index in [1.54, 1.807) is 212 Å². The van der Waals surface area contributed by atoms with E-state index in [0.29, 0.717) is 96.1 Å². The van der Waals surface area contributed by atoms with E-state index in [9.17, 15) is 78.8 Å². The van der Waals surface area contributed by atoms with Crippen molar-refractivity contribution in [2.24, 2.45) is 5.73 Å². The van der Waals surface area contributed by atoms with Crippen molar-refractivity contribution in [2.45, 2.75) is 6.54 Å². The zero-order valence-electron chi connectivity index (χ0n) is 72.9. The van der Waals surface area contributed by atoms with Gasteiger partial charge >= 0.3 is 23.9 Å². The molecular weight excluding hydrogens is 1840 g/mol. The molecule has 0 bridgehead atoms. The largest absolute Gasteiger partial charge is 1.00 e. The van der Waals surface area contributed by atoms with Gasteiger partial charge in [-0.3, -0.25) is 59.6 Å². The number of furan rings is 4. The number of esters is 3. The second kappa shape index (κ2) is 48.1. The average Bonchev–Trinajstić information content (AvgIpc) is 1.26. The minimum absolute atomic E-state index is 0. The van der Waals surface area contributed by atoms with Gasteiger partial charge in [0.25, 0.3) is 22.7 Å². The average molecular weight is 1920 g/mol. The van der Waals surface area contributed by atoms with Crippen molar-refractivity contribution in [3.8, 4) is 102 Å². The molecule has 688 valence electrons. The second-order valence-electron chi connectivity index (χ2n) is 28.9. The Morgan fingerprint density at radius 3 is 0.957 bits per heavy atom. The van der Waals surface area contributed by atoms with E-state index in [4.69, 9.17) is 33.2 Å². The Labute approximate surface area is 794 Å². The van der Waals surface area contributed by atoms with Crippen LogP contribution in [0.15, 0.2) is 383 Å². The maximum absolute atomic E-state index is 11.9. The summed E-state index contributed by atoms with van der Waals surface area (Å²) in [5.74, 6) is -0.880. The fourth-order valence-electron chi connectivity index (χ4n) is 12.9. The zero-order valence-corrected chi connectivity index (χ0v) is 74.5. The summed E-state index contributed by atoms with van der Waals surface area (Å²) in [5, 5.41) is 52.4. The van der Waals surface area contributed by atoms with Gasteiger partial charge in [-0.05, 0) is 239 Å². The van der Waals surface area contributed by atoms with E-state index >= 15 is 0 Å². The number of carboxylic acid groups (broad SMARTS) is 1. The number of carbonyl (C=O) groups excluding carboxylic acids is 7. The fraction of sp³-hybridized carbons (Fsp3) is 0.0385. The Hall–Kier alpha value is -19.1. The van der Waals surface area contributed by atoms with Crippen molar-refractivity contribution in [2.75, 3.05) is 21.3 Å². The monoisotopic (exact) mass is 1910 g/mol. The lowest BCUT2D eigenvalue weighted by molar-refractivity contribution is -0.683. The third-order valence-corrected chi connectivity index (χ3v) is 20.0. The SMILES string of the molecule is COC(=O)c1ccc(-c2cc(-c3ccc([N+](=O)[O-])cc3)nc(-c3ccco3)c2)cc1.COC(=O)c1ccc(/C=C/C(=O)c2ccco2)cc1.COC(=O)c1ccc(C=O)cc1.NC(=O)c1ccc(-c2cc(-c3ccc([N+](=O)[O-])cc3)nc(-c3ccco3)c2)cc1.O=C(C[n+]1ccccc1)c1ccc([N+](=O)[O-])cc1.O=C(O)c1ccc(-c2cc(-c3ccc([N+](=O)[O-])cc3)nc(-c3ccco3)c2)cc1.[Br-]. The Bertz CT molecular complexity index is 6810. The van der Waals surface area contributed by atoms with Gasteiger partial charge in [-0.25, -0.2) is 34.1 Å². The molecule has 34 heteroatoms. The van der Waals surface area contributed by atoms with Gasteiger partial charge in [-0.15, -0.1) is 0 Å². The number of aldehydes is 1. The summed E-state index contributed by atoms with van der Waals surface area (Å²) in [4.78, 5) is 145. The number of hydrogen-bond donors (Lipinski definition) is 2. The van der Waals surface area contributed by atoms with E-state index in [-0.39, 0.29) is 69.4 Å². The molecule has 9 aromatic carbocycles. The minimum Gasteiger partial charge on any atom is -1.00 e. The van der Waals surface area contributed by atoms with Crippen molar-refractivity contribution < 1.29 is 117 Å². The summed E-state index contributed by atoms with van der Waals surface area (Å²) >= 11 is 0. The number of Topliss-reactive ketones (excluding diaryl/α,β-unsaturated/α-hetero) is 1. The first-order chi connectivity index (χ1) is 66.2. The maximum atomic E-state index is 11.9. The van der Waals surface area contributed by atoms with E-state index < -0.39 is 43.5 Å². The van der Waals surface area contributed by atoms with Crippen molar-refractivity contribution in [3.05, 3.63) is 456 Å². The van der Waals surface area contributed by atoms with Crippen LogP contribution in [0.25, 0.3) is 108 Å². The Kier molecular flexibility index (Phi) is 34.7. The Morgan fingerprint density at radius 1 is 0.355 bits per heavy atom. The fourth-order valence-corrected chi connectivity index (χ4v) is 12.9. The lowest BCUT2D eigenvalue weighted by Crippen LogP contribution is -3.00. The number of ketones is 2. The van der Waals surface area contributed by atoms with Crippen LogP contribution in [0.2, 0.25) is 0 Å². The highest BCUT2D eigenvalue weighted by atomic mass is 79.9. The number of hydrogen-bond acceptors (Lipinski definition) is 26. The van der Waals surface area contributed by atoms with Gasteiger partial charge in [0.1, 0.15) is 23.4 Å². The van der Waals surface area contributed by atoms with E-state index in [1.165, 1.54) is 106 Å². The summed E-state index contributed by atoms with van der Waals surface area (Å²) in [7, 11) is 3.99. The third-order valence-electron chi connectivity index (χ3n) is 20.0. The van der Waals surface area contributed by atoms with Crippen LogP contribution in [-0.2, 0) is 20.8 Å². The van der Waals surface area contributed by atoms with Crippen molar-refractivity contribution >= 4 is 76.5 Å². The lowest BCUT2D eigenvalue weighted by atomic mass is 10.0. The summed E-state index contributed by atoms with van der Waals surface area (Å²) in [6, 6.07) is 88.5. The predicted molar refractivity (Wildman–Crippen MR) is 502 cm³/mol. The number of pyridine rings is 4. The van der Waals surface area contributed by atoms with Crippen molar-refractivity contribution in [1.29, 1.82) is 0 Å². The first kappa shape index (κ1) is 99.5. The second-order valence-corrected chi connectivity index (χ2v) is 28.9. The minimum atomic E-state index is -0.992. The molecule has 33 nitrogen and oxygen atoms in total. The molecule has 3 N–H and O–H groups in total. The standard InChI is InChI=1S/C23H16N2O5.C22H15N3O4.C22H14N2O5.C15H12O4.C13H11N2O3.C9H8O3.BrH/c1-29-23(26)17-6-4-15(5-7-17)18-13-20(16-8-10-19(11-9-16)25(27)28)24-21(14-18)22-3-2-12-30-22;23-22(26)16-5-3-14(4-6-16)17-12-19(15-7-9-18(10-8-15)25(27)28)24-20(13-17)21-2-1-11-29-21;25-22(26)16-5-3-14(4-6-16)17-12-19(15-7-9-18(10-8-15)24(27)28)23-20(13-17)21-2-1-11-29-21;1-18-15(17)12-7-4-11(5-8-12)6-9-13(16)14-3-2-10-19-14;16-13(10-14-8-2-1-3-9-14)11-4-6-12(7-5-11)15(17)18;1-12-9(11)8-4-2-7(6-10)3-5-8;/h2-14H,1H3;1-13H,(H2,23,26);1-13H,(H,25,26);2-10H,1H3;1-9H,10H2;2-6H,1H3;1H/q;;;;+1;;/p-1/b;;;9-6+;;;. The lowest BCUT2D eigenvalue weighted by Gasteiger charge is -2.09. The molecule has 17 aromatic rings. The van der Waals surface area contributed by atoms with Gasteiger partial charge < -0.3 is 59.7 Å². The number of benzene rings is 9. The molecule has 0 spiro atoms. The third kappa shape index (κ3) is 27.3. The number of nitrogens with two attached hydrogens (primary N) is 1. The number of non-ortho nitro benzene ring substituents is 4. The number of carboxylic acids is 1. The van der Waals surface area contributed by atoms with Crippen LogP contribution in [0.3, 0.4) is 0 Å². The van der Waals surface area contributed by atoms with Gasteiger partial charge in [0.15, 0.2) is 35.4 Å². The normalized spacial score (nSPS) is 10.3. The van der Waals surface area contributed by atoms with Crippen LogP contribution < -0.4 is 27.3 Å². The van der Waals surface area contributed by atoms with Crippen LogP contribution >= 0.6 is 0 Å². The van der Waals surface area contributed by atoms with Gasteiger partial charge in [0.2, 0.25) is 24.0 Å². The van der Waals surface area contributed by atoms with Crippen LogP contribution in [0.4, 0.5) is 22.7 Å². The summed E-state index contributed by atoms with van der Waals surface area (Å²) in [6.45, 7) is 0.221. The predicted octanol–water partition coefficient (Wildman–Crippen LogP) is 18.4. The molecule has 8 aromatic heterocycles. The number of halogens is 1. The maximum Gasteiger partial charge on any atom is 0.337 e. The summed E-state index contributed by atoms with van der Waals surface area (Å²) in [6.07, 6.45) is 13.5. The molecule has 0 saturated carbocycles. The molecule has 0 aliphatic rings. The number of nitro benzene ring substituents is 4. The zero-order chi connectivity index (χ0) is 97.4. The van der Waals surface area contributed by atoms with Gasteiger partial charge in [-0.1, -0.05) is 72.8 Å². The smallest absolute Gasteiger partial charge is 0.337 e. The molecule has 0 fully saturated rings. The number of nitrogens with zero attached hydrogens (tertiary/aromatic N) is 8. The topological polar surface area (TPSA) is 478 Å². The van der Waals surface area contributed by atoms with Crippen LogP contribution in [0.1, 0.15) is 88.6 Å². The van der Waals surface area contributed by atoms with Crippen LogP contribution in [0, 0.1) is 40.5 Å². The highest BCUT2D eigenvalue weighted by molar-refractivity contribution is 6.05. The van der Waals surface area contributed by atoms with E-state index in [2.05, 4.69) is 24.4 Å². The molecule has 1 amide bonds.